The Bertz CT molecular complexity index is 109. The van der Waals surface area contributed by atoms with Crippen LogP contribution >= 0.6 is 0 Å². The summed E-state index contributed by atoms with van der Waals surface area (Å²) in [6.07, 6.45) is 4.13. The lowest BCUT2D eigenvalue weighted by Gasteiger charge is -2.13. The smallest absolute Gasteiger partial charge is 0.0808 e. The van der Waals surface area contributed by atoms with Crippen LogP contribution in [0.2, 0.25) is 0 Å². The fraction of sp³-hybridized carbons (Fsp3) is 0.714. The molecular weight excluding hydrogens is 116 g/mol. The molecule has 0 saturated carbocycles. The zero-order valence-corrected chi connectivity index (χ0v) is 5.58. The molecule has 2 nitrogen and oxygen atoms in total. The Morgan fingerprint density at radius 1 is 1.89 bits per heavy atom. The average Bonchev–Trinajstić information content (AvgIpc) is 2.37. The van der Waals surface area contributed by atoms with Crippen molar-refractivity contribution in [1.29, 1.82) is 0 Å². The van der Waals surface area contributed by atoms with Gasteiger partial charge in [0.25, 0.3) is 0 Å². The molecular formula is C7H12O2. The van der Waals surface area contributed by atoms with Crippen molar-refractivity contribution in [2.75, 3.05) is 13.2 Å². The Morgan fingerprint density at radius 3 is 3.11 bits per heavy atom. The van der Waals surface area contributed by atoms with Gasteiger partial charge in [-0.1, -0.05) is 19.1 Å². The van der Waals surface area contributed by atoms with E-state index in [1.54, 1.807) is 0 Å². The van der Waals surface area contributed by atoms with Crippen molar-refractivity contribution in [2.45, 2.75) is 13.0 Å². The Morgan fingerprint density at radius 2 is 2.67 bits per heavy atom. The van der Waals surface area contributed by atoms with Crippen molar-refractivity contribution in [1.82, 2.24) is 0 Å². The van der Waals surface area contributed by atoms with Gasteiger partial charge in [0.1, 0.15) is 0 Å². The highest BCUT2D eigenvalue weighted by atomic mass is 16.5. The normalized spacial score (nSPS) is 28.9. The van der Waals surface area contributed by atoms with Gasteiger partial charge in [0.05, 0.1) is 12.7 Å². The summed E-state index contributed by atoms with van der Waals surface area (Å²) in [5, 5.41) is 8.68. The van der Waals surface area contributed by atoms with Crippen molar-refractivity contribution in [3.8, 4) is 0 Å². The molecule has 2 heteroatoms. The van der Waals surface area contributed by atoms with E-state index in [-0.39, 0.29) is 18.6 Å². The molecule has 0 radical (unpaired) electrons. The lowest BCUT2D eigenvalue weighted by Crippen LogP contribution is -2.19. The van der Waals surface area contributed by atoms with Gasteiger partial charge in [0.2, 0.25) is 0 Å². The number of aliphatic hydroxyl groups excluding tert-OH is 1. The van der Waals surface area contributed by atoms with Gasteiger partial charge >= 0.3 is 0 Å². The van der Waals surface area contributed by atoms with E-state index in [1.807, 2.05) is 19.1 Å². The molecule has 0 aromatic carbocycles. The number of aliphatic hydroxyl groups is 1. The van der Waals surface area contributed by atoms with E-state index in [1.165, 1.54) is 0 Å². The zero-order chi connectivity index (χ0) is 6.69. The molecule has 0 amide bonds. The highest BCUT2D eigenvalue weighted by Gasteiger charge is 2.16. The Kier molecular flexibility index (Phi) is 2.25. The van der Waals surface area contributed by atoms with Crippen LogP contribution in [0.5, 0.6) is 0 Å². The fourth-order valence-corrected chi connectivity index (χ4v) is 0.870. The first-order valence-electron chi connectivity index (χ1n) is 3.23. The Balaban J connectivity index is 2.33. The second-order valence-corrected chi connectivity index (χ2v) is 2.39. The molecule has 0 aromatic rings. The van der Waals surface area contributed by atoms with E-state index in [0.717, 1.165) is 0 Å². The quantitative estimate of drug-likeness (QED) is 0.551. The van der Waals surface area contributed by atoms with Crippen LogP contribution in [0.3, 0.4) is 0 Å². The molecule has 1 aliphatic heterocycles. The van der Waals surface area contributed by atoms with Crippen LogP contribution < -0.4 is 0 Å². The summed E-state index contributed by atoms with van der Waals surface area (Å²) in [6.45, 7) is 2.88. The van der Waals surface area contributed by atoms with Crippen molar-refractivity contribution in [2.24, 2.45) is 5.92 Å². The maximum Gasteiger partial charge on any atom is 0.0808 e. The number of rotatable bonds is 2. The number of ether oxygens (including phenoxy) is 1. The molecule has 52 valence electrons. The maximum absolute atomic E-state index is 8.68. The molecule has 0 aromatic heterocycles. The van der Waals surface area contributed by atoms with Crippen LogP contribution in [0.4, 0.5) is 0 Å². The zero-order valence-electron chi connectivity index (χ0n) is 5.58. The van der Waals surface area contributed by atoms with E-state index in [9.17, 15) is 0 Å². The van der Waals surface area contributed by atoms with Gasteiger partial charge in [0.15, 0.2) is 0 Å². The largest absolute Gasteiger partial charge is 0.396 e. The first kappa shape index (κ1) is 6.78. The highest BCUT2D eigenvalue weighted by Crippen LogP contribution is 2.12. The monoisotopic (exact) mass is 128 g/mol. The van der Waals surface area contributed by atoms with Gasteiger partial charge in [-0.2, -0.15) is 0 Å². The van der Waals surface area contributed by atoms with E-state index in [2.05, 4.69) is 0 Å². The van der Waals surface area contributed by atoms with E-state index in [4.69, 9.17) is 9.84 Å². The minimum atomic E-state index is 0.148. The van der Waals surface area contributed by atoms with Gasteiger partial charge in [-0.25, -0.2) is 0 Å². The molecule has 9 heavy (non-hydrogen) atoms. The van der Waals surface area contributed by atoms with Gasteiger partial charge in [-0.3, -0.25) is 0 Å². The lowest BCUT2D eigenvalue weighted by molar-refractivity contribution is 0.0604. The summed E-state index contributed by atoms with van der Waals surface area (Å²) in [6, 6.07) is 0. The second kappa shape index (κ2) is 2.99. The predicted octanol–water partition coefficient (Wildman–Crippen LogP) is 0.570. The third kappa shape index (κ3) is 1.53. The van der Waals surface area contributed by atoms with E-state index >= 15 is 0 Å². The van der Waals surface area contributed by atoms with Gasteiger partial charge < -0.3 is 9.84 Å². The van der Waals surface area contributed by atoms with Crippen molar-refractivity contribution < 1.29 is 9.84 Å². The molecule has 2 unspecified atom stereocenters. The predicted molar refractivity (Wildman–Crippen MR) is 35.1 cm³/mol. The SMILES string of the molecule is CC(CO)C1C=CCO1. The van der Waals surface area contributed by atoms with E-state index in [0.29, 0.717) is 6.61 Å². The van der Waals surface area contributed by atoms with Crippen LogP contribution in [0, 0.1) is 5.92 Å². The van der Waals surface area contributed by atoms with E-state index < -0.39 is 0 Å². The fourth-order valence-electron chi connectivity index (χ4n) is 0.870. The maximum atomic E-state index is 8.68. The highest BCUT2D eigenvalue weighted by molar-refractivity contribution is 4.97. The van der Waals surface area contributed by atoms with Gasteiger partial charge in [0, 0.05) is 12.5 Å². The molecule has 1 aliphatic rings. The summed E-state index contributed by atoms with van der Waals surface area (Å²) < 4.78 is 5.23. The van der Waals surface area contributed by atoms with Crippen molar-refractivity contribution in [3.63, 3.8) is 0 Å². The standard InChI is InChI=1S/C7H12O2/c1-6(5-8)7-3-2-4-9-7/h2-3,6-8H,4-5H2,1H3. The molecule has 0 aliphatic carbocycles. The van der Waals surface area contributed by atoms with Crippen LogP contribution in [-0.4, -0.2) is 24.4 Å². The average molecular weight is 128 g/mol. The van der Waals surface area contributed by atoms with Crippen LogP contribution in [0.1, 0.15) is 6.92 Å². The molecule has 2 atom stereocenters. The molecule has 1 heterocycles. The van der Waals surface area contributed by atoms with Crippen LogP contribution in [0.25, 0.3) is 0 Å². The Labute approximate surface area is 55.1 Å². The molecule has 0 spiro atoms. The first-order chi connectivity index (χ1) is 4.34. The second-order valence-electron chi connectivity index (χ2n) is 2.39. The van der Waals surface area contributed by atoms with Crippen molar-refractivity contribution >= 4 is 0 Å². The molecule has 0 fully saturated rings. The molecule has 1 N–H and O–H groups in total. The number of hydrogen-bond acceptors (Lipinski definition) is 2. The lowest BCUT2D eigenvalue weighted by atomic mass is 10.1. The molecule has 0 bridgehead atoms. The third-order valence-electron chi connectivity index (χ3n) is 1.56. The van der Waals surface area contributed by atoms with Gasteiger partial charge in [-0.15, -0.1) is 0 Å². The molecule has 0 saturated heterocycles. The Hall–Kier alpha value is -0.340. The van der Waals surface area contributed by atoms with Gasteiger partial charge in [-0.05, 0) is 0 Å². The summed E-state index contributed by atoms with van der Waals surface area (Å²) >= 11 is 0. The summed E-state index contributed by atoms with van der Waals surface area (Å²) in [5.74, 6) is 0.240. The minimum Gasteiger partial charge on any atom is -0.396 e. The summed E-state index contributed by atoms with van der Waals surface area (Å²) in [5.41, 5.74) is 0. The third-order valence-corrected chi connectivity index (χ3v) is 1.56. The van der Waals surface area contributed by atoms with Crippen LogP contribution in [-0.2, 0) is 4.74 Å². The van der Waals surface area contributed by atoms with Crippen LogP contribution in [0.15, 0.2) is 12.2 Å². The summed E-state index contributed by atoms with van der Waals surface area (Å²) in [4.78, 5) is 0. The molecule has 1 rings (SSSR count). The number of hydrogen-bond donors (Lipinski definition) is 1. The summed E-state index contributed by atoms with van der Waals surface area (Å²) in [7, 11) is 0. The topological polar surface area (TPSA) is 29.5 Å². The first-order valence-corrected chi connectivity index (χ1v) is 3.23. The van der Waals surface area contributed by atoms with Crippen molar-refractivity contribution in [3.05, 3.63) is 12.2 Å². The minimum absolute atomic E-state index is 0.148.